The largest absolute Gasteiger partial charge is 0.486 e. The van der Waals surface area contributed by atoms with Gasteiger partial charge in [-0.15, -0.1) is 0 Å². The van der Waals surface area contributed by atoms with Gasteiger partial charge in [0, 0.05) is 11.9 Å². The first-order chi connectivity index (χ1) is 12.0. The summed E-state index contributed by atoms with van der Waals surface area (Å²) in [6.07, 6.45) is 2.81. The summed E-state index contributed by atoms with van der Waals surface area (Å²) >= 11 is 6.19. The first-order valence-corrected chi connectivity index (χ1v) is 8.28. The van der Waals surface area contributed by atoms with Crippen LogP contribution in [0.5, 0.6) is 5.75 Å². The van der Waals surface area contributed by atoms with Crippen LogP contribution in [0.4, 0.5) is 5.69 Å². The second-order valence-electron chi connectivity index (χ2n) is 5.87. The molecule has 1 fully saturated rings. The molecule has 1 amide bonds. The number of carboxylic acids is 1. The molecular formula is C18H17ClN2O4. The van der Waals surface area contributed by atoms with Crippen LogP contribution >= 0.6 is 11.6 Å². The van der Waals surface area contributed by atoms with E-state index < -0.39 is 17.8 Å². The summed E-state index contributed by atoms with van der Waals surface area (Å²) in [7, 11) is 0. The second kappa shape index (κ2) is 7.53. The highest BCUT2D eigenvalue weighted by Gasteiger charge is 2.41. The maximum absolute atomic E-state index is 12.2. The van der Waals surface area contributed by atoms with E-state index in [9.17, 15) is 9.59 Å². The van der Waals surface area contributed by atoms with Crippen molar-refractivity contribution in [2.75, 3.05) is 5.32 Å². The van der Waals surface area contributed by atoms with Crippen LogP contribution in [0, 0.1) is 11.8 Å². The Kier molecular flexibility index (Phi) is 5.19. The molecule has 2 atom stereocenters. The minimum atomic E-state index is -0.928. The SMILES string of the molecule is O=C(O)C1CCC1C(=O)Nc1ccc(OCc2ccccn2)c(Cl)c1. The van der Waals surface area contributed by atoms with Crippen molar-refractivity contribution in [1.82, 2.24) is 4.98 Å². The number of hydrogen-bond donors (Lipinski definition) is 2. The quantitative estimate of drug-likeness (QED) is 0.824. The maximum atomic E-state index is 12.2. The Morgan fingerprint density at radius 3 is 2.64 bits per heavy atom. The first kappa shape index (κ1) is 17.2. The van der Waals surface area contributed by atoms with Gasteiger partial charge < -0.3 is 15.2 Å². The molecule has 0 bridgehead atoms. The fourth-order valence-electron chi connectivity index (χ4n) is 2.68. The number of rotatable bonds is 6. The number of ether oxygens (including phenoxy) is 1. The fraction of sp³-hybridized carbons (Fsp3) is 0.278. The van der Waals surface area contributed by atoms with Crippen LogP contribution in [0.1, 0.15) is 18.5 Å². The van der Waals surface area contributed by atoms with Crippen molar-refractivity contribution in [2.45, 2.75) is 19.4 Å². The Labute approximate surface area is 149 Å². The number of nitrogens with one attached hydrogen (secondary N) is 1. The number of pyridine rings is 1. The number of hydrogen-bond acceptors (Lipinski definition) is 4. The van der Waals surface area contributed by atoms with Crippen LogP contribution in [-0.4, -0.2) is 22.0 Å². The van der Waals surface area contributed by atoms with Crippen molar-refractivity contribution in [1.29, 1.82) is 0 Å². The van der Waals surface area contributed by atoms with E-state index in [1.807, 2.05) is 18.2 Å². The number of halogens is 1. The van der Waals surface area contributed by atoms with E-state index in [4.69, 9.17) is 21.4 Å². The third-order valence-corrected chi connectivity index (χ3v) is 4.52. The van der Waals surface area contributed by atoms with E-state index >= 15 is 0 Å². The van der Waals surface area contributed by atoms with E-state index in [0.717, 1.165) is 5.69 Å². The van der Waals surface area contributed by atoms with Crippen LogP contribution in [0.15, 0.2) is 42.6 Å². The van der Waals surface area contributed by atoms with Gasteiger partial charge in [-0.05, 0) is 43.2 Å². The molecular weight excluding hydrogens is 344 g/mol. The molecule has 1 saturated carbocycles. The summed E-state index contributed by atoms with van der Waals surface area (Å²) in [6, 6.07) is 10.5. The number of carbonyl (C=O) groups excluding carboxylic acids is 1. The van der Waals surface area contributed by atoms with Gasteiger partial charge in [0.25, 0.3) is 0 Å². The van der Waals surface area contributed by atoms with E-state index in [0.29, 0.717) is 29.3 Å². The molecule has 1 aliphatic carbocycles. The van der Waals surface area contributed by atoms with Crippen LogP contribution in [0.2, 0.25) is 5.02 Å². The minimum Gasteiger partial charge on any atom is -0.486 e. The maximum Gasteiger partial charge on any atom is 0.307 e. The highest BCUT2D eigenvalue weighted by molar-refractivity contribution is 6.32. The first-order valence-electron chi connectivity index (χ1n) is 7.90. The number of nitrogens with zero attached hydrogens (tertiary/aromatic N) is 1. The van der Waals surface area contributed by atoms with Crippen molar-refractivity contribution < 1.29 is 19.4 Å². The monoisotopic (exact) mass is 360 g/mol. The van der Waals surface area contributed by atoms with Crippen LogP contribution in [0.3, 0.4) is 0 Å². The minimum absolute atomic E-state index is 0.286. The van der Waals surface area contributed by atoms with Gasteiger partial charge in [0.05, 0.1) is 22.6 Å². The van der Waals surface area contributed by atoms with E-state index in [2.05, 4.69) is 10.3 Å². The molecule has 2 aromatic rings. The predicted octanol–water partition coefficient (Wildman–Crippen LogP) is 3.36. The molecule has 1 aliphatic rings. The third-order valence-electron chi connectivity index (χ3n) is 4.23. The van der Waals surface area contributed by atoms with Crippen molar-refractivity contribution in [3.63, 3.8) is 0 Å². The van der Waals surface area contributed by atoms with Gasteiger partial charge in [0.15, 0.2) is 0 Å². The van der Waals surface area contributed by atoms with Gasteiger partial charge in [0.2, 0.25) is 5.91 Å². The lowest BCUT2D eigenvalue weighted by molar-refractivity contribution is -0.151. The molecule has 3 rings (SSSR count). The standard InChI is InChI=1S/C18H17ClN2O4/c19-15-9-11(21-17(22)13-5-6-14(13)18(23)24)4-7-16(15)25-10-12-3-1-2-8-20-12/h1-4,7-9,13-14H,5-6,10H2,(H,21,22)(H,23,24). The molecule has 1 aromatic heterocycles. The number of benzene rings is 1. The Balaban J connectivity index is 1.60. The second-order valence-corrected chi connectivity index (χ2v) is 6.28. The zero-order valence-corrected chi connectivity index (χ0v) is 14.1. The predicted molar refractivity (Wildman–Crippen MR) is 92.5 cm³/mol. The normalized spacial score (nSPS) is 18.9. The Morgan fingerprint density at radius 1 is 1.24 bits per heavy atom. The zero-order valence-electron chi connectivity index (χ0n) is 13.3. The number of anilines is 1. The third kappa shape index (κ3) is 4.09. The highest BCUT2D eigenvalue weighted by atomic mass is 35.5. The van der Waals surface area contributed by atoms with E-state index in [1.165, 1.54) is 0 Å². The molecule has 6 nitrogen and oxygen atoms in total. The Morgan fingerprint density at radius 2 is 2.04 bits per heavy atom. The molecule has 130 valence electrons. The summed E-state index contributed by atoms with van der Waals surface area (Å²) in [6.45, 7) is 0.286. The molecule has 1 heterocycles. The fourth-order valence-corrected chi connectivity index (χ4v) is 2.91. The van der Waals surface area contributed by atoms with Gasteiger partial charge in [-0.25, -0.2) is 0 Å². The summed E-state index contributed by atoms with van der Waals surface area (Å²) < 4.78 is 5.63. The average Bonchev–Trinajstić information content (AvgIpc) is 2.53. The van der Waals surface area contributed by atoms with Gasteiger partial charge in [0.1, 0.15) is 12.4 Å². The van der Waals surface area contributed by atoms with Crippen LogP contribution < -0.4 is 10.1 Å². The molecule has 0 spiro atoms. The van der Waals surface area contributed by atoms with E-state index in [-0.39, 0.29) is 12.5 Å². The topological polar surface area (TPSA) is 88.5 Å². The molecule has 1 aromatic carbocycles. The van der Waals surface area contributed by atoms with Crippen molar-refractivity contribution in [2.24, 2.45) is 11.8 Å². The molecule has 2 N–H and O–H groups in total. The summed E-state index contributed by atoms with van der Waals surface area (Å²) in [5.41, 5.74) is 1.29. The molecule has 25 heavy (non-hydrogen) atoms. The highest BCUT2D eigenvalue weighted by Crippen LogP contribution is 2.36. The lowest BCUT2D eigenvalue weighted by Gasteiger charge is -2.31. The molecule has 0 radical (unpaired) electrons. The number of carboxylic acid groups (broad SMARTS) is 1. The number of carbonyl (C=O) groups is 2. The van der Waals surface area contributed by atoms with Crippen molar-refractivity contribution in [3.8, 4) is 5.75 Å². The van der Waals surface area contributed by atoms with Gasteiger partial charge in [-0.3, -0.25) is 14.6 Å². The summed E-state index contributed by atoms with van der Waals surface area (Å²) in [5, 5.41) is 12.1. The molecule has 0 saturated heterocycles. The Bertz CT molecular complexity index is 782. The number of amides is 1. The summed E-state index contributed by atoms with van der Waals surface area (Å²) in [5.74, 6) is -1.83. The lowest BCUT2D eigenvalue weighted by atomic mass is 9.73. The summed E-state index contributed by atoms with van der Waals surface area (Å²) in [4.78, 5) is 27.3. The van der Waals surface area contributed by atoms with E-state index in [1.54, 1.807) is 24.4 Å². The van der Waals surface area contributed by atoms with Gasteiger partial charge >= 0.3 is 5.97 Å². The molecule has 2 unspecified atom stereocenters. The van der Waals surface area contributed by atoms with Gasteiger partial charge in [-0.2, -0.15) is 0 Å². The van der Waals surface area contributed by atoms with Crippen LogP contribution in [-0.2, 0) is 16.2 Å². The van der Waals surface area contributed by atoms with Gasteiger partial charge in [-0.1, -0.05) is 17.7 Å². The zero-order chi connectivity index (χ0) is 17.8. The molecule has 7 heteroatoms. The smallest absolute Gasteiger partial charge is 0.307 e. The lowest BCUT2D eigenvalue weighted by Crippen LogP contribution is -2.41. The average molecular weight is 361 g/mol. The van der Waals surface area contributed by atoms with Crippen molar-refractivity contribution in [3.05, 3.63) is 53.3 Å². The Hall–Kier alpha value is -2.60. The van der Waals surface area contributed by atoms with Crippen molar-refractivity contribution >= 4 is 29.2 Å². The van der Waals surface area contributed by atoms with Crippen LogP contribution in [0.25, 0.3) is 0 Å². The number of aromatic nitrogens is 1. The number of aliphatic carboxylic acids is 1. The molecule has 0 aliphatic heterocycles.